The lowest BCUT2D eigenvalue weighted by Gasteiger charge is -2.29. The standard InChI is InChI=1S/C25H24O3/c1-3-18-27-24(26)25(28-19-4-2)16-14-23(15-17-25)22-12-10-21(11-13-22)20-8-6-5-7-9-20/h3-16H,1-2,17-19H2. The molecule has 1 aliphatic carbocycles. The molecule has 142 valence electrons. The van der Waals surface area contributed by atoms with Gasteiger partial charge in [-0.25, -0.2) is 4.79 Å². The van der Waals surface area contributed by atoms with Gasteiger partial charge in [0.25, 0.3) is 0 Å². The van der Waals surface area contributed by atoms with E-state index in [9.17, 15) is 4.79 Å². The maximum absolute atomic E-state index is 12.5. The number of ether oxygens (including phenoxy) is 2. The van der Waals surface area contributed by atoms with Crippen molar-refractivity contribution in [3.63, 3.8) is 0 Å². The Morgan fingerprint density at radius 2 is 1.57 bits per heavy atom. The lowest BCUT2D eigenvalue weighted by molar-refractivity contribution is -0.163. The highest BCUT2D eigenvalue weighted by molar-refractivity contribution is 5.87. The molecular formula is C25H24O3. The van der Waals surface area contributed by atoms with Crippen molar-refractivity contribution in [3.05, 3.63) is 104 Å². The van der Waals surface area contributed by atoms with Crippen molar-refractivity contribution >= 4 is 11.5 Å². The fourth-order valence-corrected chi connectivity index (χ4v) is 3.10. The van der Waals surface area contributed by atoms with Gasteiger partial charge < -0.3 is 9.47 Å². The van der Waals surface area contributed by atoms with Crippen molar-refractivity contribution in [2.45, 2.75) is 12.0 Å². The number of carbonyl (C=O) groups excluding carboxylic acids is 1. The molecule has 0 aliphatic heterocycles. The minimum absolute atomic E-state index is 0.156. The largest absolute Gasteiger partial charge is 0.459 e. The Balaban J connectivity index is 1.77. The minimum Gasteiger partial charge on any atom is -0.459 e. The van der Waals surface area contributed by atoms with Crippen LogP contribution < -0.4 is 0 Å². The molecule has 3 nitrogen and oxygen atoms in total. The zero-order valence-electron chi connectivity index (χ0n) is 15.8. The van der Waals surface area contributed by atoms with Gasteiger partial charge in [0.2, 0.25) is 0 Å². The van der Waals surface area contributed by atoms with Gasteiger partial charge >= 0.3 is 5.97 Å². The summed E-state index contributed by atoms with van der Waals surface area (Å²) in [6.07, 6.45) is 9.28. The summed E-state index contributed by atoms with van der Waals surface area (Å²) in [5.41, 5.74) is 3.37. The van der Waals surface area contributed by atoms with Crippen LogP contribution >= 0.6 is 0 Å². The summed E-state index contributed by atoms with van der Waals surface area (Å²) in [4.78, 5) is 12.5. The predicted molar refractivity (Wildman–Crippen MR) is 114 cm³/mol. The number of allylic oxidation sites excluding steroid dienone is 2. The second-order valence-corrected chi connectivity index (χ2v) is 6.52. The molecule has 1 unspecified atom stereocenters. The fraction of sp³-hybridized carbons (Fsp3) is 0.160. The van der Waals surface area contributed by atoms with Gasteiger partial charge in [-0.15, -0.1) is 6.58 Å². The number of hydrogen-bond donors (Lipinski definition) is 0. The van der Waals surface area contributed by atoms with E-state index in [0.29, 0.717) is 6.42 Å². The summed E-state index contributed by atoms with van der Waals surface area (Å²) < 4.78 is 11.0. The van der Waals surface area contributed by atoms with E-state index in [1.165, 1.54) is 11.1 Å². The highest BCUT2D eigenvalue weighted by Crippen LogP contribution is 2.32. The number of rotatable bonds is 8. The second kappa shape index (κ2) is 9.16. The molecular weight excluding hydrogens is 348 g/mol. The first-order valence-electron chi connectivity index (χ1n) is 9.27. The summed E-state index contributed by atoms with van der Waals surface area (Å²) in [5, 5.41) is 0. The van der Waals surface area contributed by atoms with Crippen LogP contribution in [0.5, 0.6) is 0 Å². The summed E-state index contributed by atoms with van der Waals surface area (Å²) in [6, 6.07) is 18.6. The molecule has 0 aromatic heterocycles. The van der Waals surface area contributed by atoms with Gasteiger partial charge in [0.15, 0.2) is 5.60 Å². The number of benzene rings is 2. The molecule has 28 heavy (non-hydrogen) atoms. The summed E-state index contributed by atoms with van der Waals surface area (Å²) in [5.74, 6) is -0.416. The Morgan fingerprint density at radius 1 is 0.929 bits per heavy atom. The molecule has 1 atom stereocenters. The molecule has 0 saturated heterocycles. The van der Waals surface area contributed by atoms with Gasteiger partial charge in [0.05, 0.1) is 6.61 Å². The molecule has 3 heteroatoms. The Kier molecular flexibility index (Phi) is 6.41. The molecule has 1 aliphatic rings. The van der Waals surface area contributed by atoms with E-state index in [4.69, 9.17) is 9.47 Å². The lowest BCUT2D eigenvalue weighted by atomic mass is 9.88. The fourth-order valence-electron chi connectivity index (χ4n) is 3.10. The van der Waals surface area contributed by atoms with Gasteiger partial charge in [0.1, 0.15) is 6.61 Å². The summed E-state index contributed by atoms with van der Waals surface area (Å²) in [7, 11) is 0. The smallest absolute Gasteiger partial charge is 0.343 e. The molecule has 2 aromatic carbocycles. The van der Waals surface area contributed by atoms with E-state index < -0.39 is 11.6 Å². The van der Waals surface area contributed by atoms with Crippen LogP contribution in [0.25, 0.3) is 16.7 Å². The van der Waals surface area contributed by atoms with E-state index in [0.717, 1.165) is 11.1 Å². The molecule has 0 N–H and O–H groups in total. The first kappa shape index (κ1) is 19.6. The number of hydrogen-bond acceptors (Lipinski definition) is 3. The normalized spacial score (nSPS) is 18.2. The van der Waals surface area contributed by atoms with Crippen molar-refractivity contribution in [2.75, 3.05) is 13.2 Å². The third-order valence-corrected chi connectivity index (χ3v) is 4.62. The maximum atomic E-state index is 12.5. The van der Waals surface area contributed by atoms with E-state index in [1.54, 1.807) is 18.2 Å². The number of carbonyl (C=O) groups is 1. The van der Waals surface area contributed by atoms with Crippen LogP contribution in [0.3, 0.4) is 0 Å². The average Bonchev–Trinajstić information content (AvgIpc) is 2.77. The van der Waals surface area contributed by atoms with Crippen molar-refractivity contribution in [1.29, 1.82) is 0 Å². The van der Waals surface area contributed by atoms with Crippen molar-refractivity contribution < 1.29 is 14.3 Å². The zero-order chi connectivity index (χ0) is 19.8. The molecule has 0 spiro atoms. The maximum Gasteiger partial charge on any atom is 0.343 e. The van der Waals surface area contributed by atoms with Gasteiger partial charge in [-0.3, -0.25) is 0 Å². The predicted octanol–water partition coefficient (Wildman–Crippen LogP) is 5.37. The molecule has 3 rings (SSSR count). The molecule has 0 amide bonds. The Labute approximate surface area is 166 Å². The minimum atomic E-state index is -1.12. The molecule has 0 radical (unpaired) electrons. The Morgan fingerprint density at radius 3 is 2.18 bits per heavy atom. The third-order valence-electron chi connectivity index (χ3n) is 4.62. The van der Waals surface area contributed by atoms with Crippen LogP contribution in [0.1, 0.15) is 12.0 Å². The van der Waals surface area contributed by atoms with Crippen molar-refractivity contribution in [2.24, 2.45) is 0 Å². The van der Waals surface area contributed by atoms with Crippen LogP contribution in [0, 0.1) is 0 Å². The van der Waals surface area contributed by atoms with Crippen LogP contribution in [-0.2, 0) is 14.3 Å². The average molecular weight is 372 g/mol. The molecule has 0 heterocycles. The first-order chi connectivity index (χ1) is 13.7. The molecule has 2 aromatic rings. The third kappa shape index (κ3) is 4.38. The monoisotopic (exact) mass is 372 g/mol. The van der Waals surface area contributed by atoms with E-state index in [1.807, 2.05) is 30.4 Å². The van der Waals surface area contributed by atoms with Gasteiger partial charge in [-0.05, 0) is 28.3 Å². The van der Waals surface area contributed by atoms with Crippen LogP contribution in [0.2, 0.25) is 0 Å². The van der Waals surface area contributed by atoms with Crippen molar-refractivity contribution in [3.8, 4) is 11.1 Å². The van der Waals surface area contributed by atoms with E-state index in [-0.39, 0.29) is 13.2 Å². The quantitative estimate of drug-likeness (QED) is 0.462. The van der Waals surface area contributed by atoms with Gasteiger partial charge in [-0.1, -0.05) is 85.5 Å². The van der Waals surface area contributed by atoms with Crippen LogP contribution in [0.15, 0.2) is 98.1 Å². The summed E-state index contributed by atoms with van der Waals surface area (Å²) >= 11 is 0. The Bertz CT molecular complexity index is 891. The molecule has 0 bridgehead atoms. The van der Waals surface area contributed by atoms with Gasteiger partial charge in [0, 0.05) is 6.42 Å². The zero-order valence-corrected chi connectivity index (χ0v) is 15.8. The van der Waals surface area contributed by atoms with Crippen LogP contribution in [0.4, 0.5) is 0 Å². The SMILES string of the molecule is C=CCOC(=O)C1(OCC=C)C=CC(c2ccc(-c3ccccc3)cc2)=CC1. The highest BCUT2D eigenvalue weighted by atomic mass is 16.6. The lowest BCUT2D eigenvalue weighted by Crippen LogP contribution is -2.42. The summed E-state index contributed by atoms with van der Waals surface area (Å²) in [6.45, 7) is 7.66. The highest BCUT2D eigenvalue weighted by Gasteiger charge is 2.39. The topological polar surface area (TPSA) is 35.5 Å². The molecule has 0 saturated carbocycles. The van der Waals surface area contributed by atoms with E-state index >= 15 is 0 Å². The molecule has 0 fully saturated rings. The van der Waals surface area contributed by atoms with Crippen molar-refractivity contribution in [1.82, 2.24) is 0 Å². The second-order valence-electron chi connectivity index (χ2n) is 6.52. The van der Waals surface area contributed by atoms with Crippen LogP contribution in [-0.4, -0.2) is 24.8 Å². The Hall–Kier alpha value is -3.17. The first-order valence-corrected chi connectivity index (χ1v) is 9.27. The number of esters is 1. The van der Waals surface area contributed by atoms with E-state index in [2.05, 4.69) is 49.6 Å². The van der Waals surface area contributed by atoms with Gasteiger partial charge in [-0.2, -0.15) is 0 Å².